The topological polar surface area (TPSA) is 89.9 Å². The van der Waals surface area contributed by atoms with Gasteiger partial charge in [-0.3, -0.25) is 9.36 Å². The number of halogens is 2. The molecule has 3 aromatic carbocycles. The molecule has 0 amide bonds. The average molecular weight is 694 g/mol. The molecule has 3 aromatic heterocycles. The predicted octanol–water partition coefficient (Wildman–Crippen LogP) is 3.48. The van der Waals surface area contributed by atoms with Gasteiger partial charge in [-0.05, 0) is 85.5 Å². The number of benzene rings is 3. The molecule has 8 nitrogen and oxygen atoms in total. The van der Waals surface area contributed by atoms with E-state index in [2.05, 4.69) is 6.07 Å². The number of aromatic nitrogens is 5. The maximum atomic E-state index is 14.3. The molecular formula is C36H34ClFN5NaO3S. The van der Waals surface area contributed by atoms with Crippen LogP contribution in [0.3, 0.4) is 0 Å². The second-order valence-electron chi connectivity index (χ2n) is 12.2. The number of carbonyl (C=O) groups is 1. The van der Waals surface area contributed by atoms with Crippen LogP contribution in [0.4, 0.5) is 4.39 Å². The smallest absolute Gasteiger partial charge is 0.543 e. The SMILES string of the molecule is Cc1nn(C)c2c1CSCc1cc(n(C)n1)CCc1cc(c3ccc(F)cc3c1)OCCCc1c(C(=O)[O-])n(C)c3c-2c(Cl)ccc13.[Na+]. The van der Waals surface area contributed by atoms with Crippen LogP contribution in [0.5, 0.6) is 5.75 Å². The third-order valence-corrected chi connectivity index (χ3v) is 10.5. The molecule has 0 spiro atoms. The fourth-order valence-corrected chi connectivity index (χ4v) is 8.24. The number of carboxylic acid groups (broad SMARTS) is 1. The van der Waals surface area contributed by atoms with Gasteiger partial charge in [-0.15, -0.1) is 0 Å². The molecule has 0 saturated carbocycles. The van der Waals surface area contributed by atoms with E-state index in [1.165, 1.54) is 12.1 Å². The Kier molecular flexibility index (Phi) is 10.0. The van der Waals surface area contributed by atoms with E-state index in [0.717, 1.165) is 74.0 Å². The van der Waals surface area contributed by atoms with Gasteiger partial charge in [-0.2, -0.15) is 22.0 Å². The molecule has 0 atom stereocenters. The quantitative estimate of drug-likeness (QED) is 0.245. The van der Waals surface area contributed by atoms with Crippen LogP contribution in [-0.4, -0.2) is 36.7 Å². The predicted molar refractivity (Wildman–Crippen MR) is 183 cm³/mol. The largest absolute Gasteiger partial charge is 1.00 e. The Balaban J connectivity index is 0.00000401. The fourth-order valence-electron chi connectivity index (χ4n) is 6.99. The Morgan fingerprint density at radius 3 is 2.54 bits per heavy atom. The minimum Gasteiger partial charge on any atom is -0.543 e. The van der Waals surface area contributed by atoms with Crippen LogP contribution in [0.2, 0.25) is 5.02 Å². The normalized spacial score (nSPS) is 14.0. The number of nitrogens with zero attached hydrogens (tertiary/aromatic N) is 5. The van der Waals surface area contributed by atoms with Gasteiger partial charge < -0.3 is 19.2 Å². The van der Waals surface area contributed by atoms with E-state index in [1.54, 1.807) is 29.4 Å². The Hall–Kier alpha value is -3.28. The van der Waals surface area contributed by atoms with Gasteiger partial charge in [0.2, 0.25) is 0 Å². The molecule has 242 valence electrons. The van der Waals surface area contributed by atoms with E-state index >= 15 is 0 Å². The molecule has 7 rings (SSSR count). The second-order valence-corrected chi connectivity index (χ2v) is 13.6. The summed E-state index contributed by atoms with van der Waals surface area (Å²) in [5.41, 5.74) is 8.21. The minimum absolute atomic E-state index is 0. The first-order valence-electron chi connectivity index (χ1n) is 15.6. The van der Waals surface area contributed by atoms with Crippen molar-refractivity contribution in [2.24, 2.45) is 21.1 Å². The van der Waals surface area contributed by atoms with Crippen molar-refractivity contribution in [2.75, 3.05) is 6.61 Å². The van der Waals surface area contributed by atoms with Gasteiger partial charge in [0.1, 0.15) is 11.6 Å². The van der Waals surface area contributed by atoms with E-state index < -0.39 is 5.97 Å². The summed E-state index contributed by atoms with van der Waals surface area (Å²) in [6.45, 7) is 2.33. The fraction of sp³-hybridized carbons (Fsp3) is 0.306. The zero-order chi connectivity index (χ0) is 33.0. The Bertz CT molecular complexity index is 2210. The maximum absolute atomic E-state index is 14.3. The van der Waals surface area contributed by atoms with Crippen molar-refractivity contribution in [2.45, 2.75) is 44.1 Å². The maximum Gasteiger partial charge on any atom is 1.00 e. The van der Waals surface area contributed by atoms with Gasteiger partial charge in [0, 0.05) is 60.2 Å². The van der Waals surface area contributed by atoms with Crippen molar-refractivity contribution in [3.05, 3.63) is 98.8 Å². The molecule has 4 heterocycles. The number of ether oxygens (including phenoxy) is 1. The summed E-state index contributed by atoms with van der Waals surface area (Å²) in [4.78, 5) is 12.6. The van der Waals surface area contributed by atoms with Gasteiger partial charge >= 0.3 is 29.6 Å². The third kappa shape index (κ3) is 6.29. The monoisotopic (exact) mass is 693 g/mol. The van der Waals surface area contributed by atoms with Crippen LogP contribution in [0.15, 0.2) is 48.5 Å². The second kappa shape index (κ2) is 13.9. The van der Waals surface area contributed by atoms with Crippen molar-refractivity contribution in [1.82, 2.24) is 24.1 Å². The van der Waals surface area contributed by atoms with Crippen LogP contribution in [-0.2, 0) is 51.9 Å². The number of thioether (sulfide) groups is 1. The van der Waals surface area contributed by atoms with Gasteiger partial charge in [0.05, 0.1) is 45.9 Å². The molecule has 6 aromatic rings. The van der Waals surface area contributed by atoms with Gasteiger partial charge in [-0.1, -0.05) is 23.7 Å². The van der Waals surface area contributed by atoms with Crippen molar-refractivity contribution in [3.8, 4) is 17.0 Å². The summed E-state index contributed by atoms with van der Waals surface area (Å²) in [6.07, 6.45) is 2.50. The number of carbonyl (C=O) groups excluding carboxylic acids is 1. The first-order valence-corrected chi connectivity index (χ1v) is 17.1. The molecule has 1 aliphatic rings. The number of aryl methyl sites for hydroxylation is 7. The summed E-state index contributed by atoms with van der Waals surface area (Å²) < 4.78 is 26.1. The number of aromatic carboxylic acids is 1. The van der Waals surface area contributed by atoms with Crippen molar-refractivity contribution in [1.29, 1.82) is 0 Å². The van der Waals surface area contributed by atoms with E-state index in [0.29, 0.717) is 47.3 Å². The molecule has 0 saturated heterocycles. The zero-order valence-corrected chi connectivity index (χ0v) is 31.3. The van der Waals surface area contributed by atoms with Crippen LogP contribution in [0.1, 0.15) is 50.7 Å². The summed E-state index contributed by atoms with van der Waals surface area (Å²) in [5.74, 6) is 0.507. The van der Waals surface area contributed by atoms with Crippen LogP contribution in [0.25, 0.3) is 32.9 Å². The van der Waals surface area contributed by atoms with E-state index in [4.69, 9.17) is 26.5 Å². The third-order valence-electron chi connectivity index (χ3n) is 9.14. The van der Waals surface area contributed by atoms with Gasteiger partial charge in [0.15, 0.2) is 0 Å². The first-order chi connectivity index (χ1) is 22.6. The van der Waals surface area contributed by atoms with Crippen molar-refractivity contribution < 1.29 is 48.6 Å². The minimum atomic E-state index is -1.25. The molecule has 0 aliphatic carbocycles. The summed E-state index contributed by atoms with van der Waals surface area (Å²) in [5, 5.41) is 25.1. The molecule has 48 heavy (non-hydrogen) atoms. The van der Waals surface area contributed by atoms with Crippen LogP contribution >= 0.6 is 23.4 Å². The molecular weight excluding hydrogens is 660 g/mol. The average Bonchev–Trinajstić information content (AvgIpc) is 3.62. The molecule has 0 N–H and O–H groups in total. The zero-order valence-electron chi connectivity index (χ0n) is 27.7. The molecule has 0 fully saturated rings. The van der Waals surface area contributed by atoms with Gasteiger partial charge in [0.25, 0.3) is 0 Å². The van der Waals surface area contributed by atoms with Crippen molar-refractivity contribution in [3.63, 3.8) is 0 Å². The van der Waals surface area contributed by atoms with E-state index in [1.807, 2.05) is 54.6 Å². The van der Waals surface area contributed by atoms with Gasteiger partial charge in [-0.25, -0.2) is 4.39 Å². The molecule has 12 heteroatoms. The summed E-state index contributed by atoms with van der Waals surface area (Å²) >= 11 is 8.69. The van der Waals surface area contributed by atoms with Crippen LogP contribution in [0, 0.1) is 12.7 Å². The molecule has 0 radical (unpaired) electrons. The van der Waals surface area contributed by atoms with Crippen LogP contribution < -0.4 is 39.4 Å². The summed E-state index contributed by atoms with van der Waals surface area (Å²) in [7, 11) is 5.61. The Morgan fingerprint density at radius 2 is 1.75 bits per heavy atom. The number of rotatable bonds is 1. The molecule has 1 aliphatic heterocycles. The Morgan fingerprint density at radius 1 is 0.958 bits per heavy atom. The van der Waals surface area contributed by atoms with E-state index in [9.17, 15) is 14.3 Å². The number of hydrogen-bond acceptors (Lipinski definition) is 6. The molecule has 8 bridgehead atoms. The Labute approximate surface area is 309 Å². The number of hydrogen-bond donors (Lipinski definition) is 0. The van der Waals surface area contributed by atoms with E-state index in [-0.39, 0.29) is 41.1 Å². The first kappa shape index (κ1) is 34.6. The number of carboxylic acids is 1. The van der Waals surface area contributed by atoms with Crippen molar-refractivity contribution >= 4 is 51.0 Å². The number of fused-ring (bicyclic) bond motifs is 8. The standard InChI is InChI=1S/C36H35ClFN5O3S.Na/c1-20-29-19-47-18-24-17-25(42(3)40-24)9-7-21-14-22-16-23(38)8-10-26(22)31(15-21)46-13-5-6-27-28-11-12-30(37)32(34(29)43(4)39-20)33(28)41(2)35(27)36(44)45;/h8,10-12,14-17H,5-7,9,13,18-19H2,1-4H3,(H,44,45);/q;+1/p-1. The molecule has 0 unspecified atom stereocenters. The summed E-state index contributed by atoms with van der Waals surface area (Å²) in [6, 6.07) is 14.6.